The Morgan fingerprint density at radius 2 is 1.82 bits per heavy atom. The van der Waals surface area contributed by atoms with Gasteiger partial charge in [-0.3, -0.25) is 9.59 Å². The molecule has 0 spiro atoms. The zero-order valence-corrected chi connectivity index (χ0v) is 16.0. The largest absolute Gasteiger partial charge is 0.335 e. The molecule has 7 nitrogen and oxygen atoms in total. The molecular weight excluding hydrogens is 354 g/mol. The van der Waals surface area contributed by atoms with Crippen molar-refractivity contribution < 1.29 is 9.59 Å². The highest BCUT2D eigenvalue weighted by molar-refractivity contribution is 6.04. The van der Waals surface area contributed by atoms with Crippen LogP contribution in [0, 0.1) is 0 Å². The third-order valence-corrected chi connectivity index (χ3v) is 5.41. The van der Waals surface area contributed by atoms with Crippen LogP contribution in [0.4, 0.5) is 0 Å². The number of aromatic nitrogens is 3. The van der Waals surface area contributed by atoms with Crippen molar-refractivity contribution in [2.45, 2.75) is 45.4 Å². The van der Waals surface area contributed by atoms with Gasteiger partial charge in [-0.2, -0.15) is 0 Å². The first kappa shape index (κ1) is 18.2. The average molecular weight is 377 g/mol. The number of nitrogens with zero attached hydrogens (tertiary/aromatic N) is 4. The molecule has 1 N–H and O–H groups in total. The fourth-order valence-electron chi connectivity index (χ4n) is 3.95. The summed E-state index contributed by atoms with van der Waals surface area (Å²) >= 11 is 0. The van der Waals surface area contributed by atoms with Gasteiger partial charge in [-0.15, -0.1) is 5.10 Å². The summed E-state index contributed by atoms with van der Waals surface area (Å²) in [5.41, 5.74) is 3.00. The Labute approximate surface area is 163 Å². The minimum Gasteiger partial charge on any atom is -0.335 e. The number of carbonyl (C=O) groups is 2. The van der Waals surface area contributed by atoms with E-state index in [4.69, 9.17) is 0 Å². The lowest BCUT2D eigenvalue weighted by molar-refractivity contribution is -0.126. The molecule has 1 aliphatic heterocycles. The second-order valence-corrected chi connectivity index (χ2v) is 6.95. The van der Waals surface area contributed by atoms with Crippen molar-refractivity contribution in [3.05, 3.63) is 59.7 Å². The molecule has 0 fully saturated rings. The number of para-hydroxylation sites is 1. The van der Waals surface area contributed by atoms with Gasteiger partial charge in [-0.05, 0) is 36.6 Å². The Bertz CT molecular complexity index is 1020. The highest BCUT2D eigenvalue weighted by Crippen LogP contribution is 2.36. The zero-order valence-electron chi connectivity index (χ0n) is 16.0. The molecule has 0 aliphatic carbocycles. The quantitative estimate of drug-likeness (QED) is 0.716. The monoisotopic (exact) mass is 377 g/mol. The van der Waals surface area contributed by atoms with Crippen LogP contribution < -0.4 is 5.32 Å². The predicted molar refractivity (Wildman–Crippen MR) is 105 cm³/mol. The van der Waals surface area contributed by atoms with Crippen LogP contribution in [0.15, 0.2) is 48.5 Å². The maximum absolute atomic E-state index is 13.2. The smallest absolute Gasteiger partial charge is 0.255 e. The fraction of sp³-hybridized carbons (Fsp3) is 0.333. The van der Waals surface area contributed by atoms with Crippen LogP contribution >= 0.6 is 0 Å². The molecule has 7 heteroatoms. The van der Waals surface area contributed by atoms with Crippen molar-refractivity contribution in [2.24, 2.45) is 0 Å². The maximum atomic E-state index is 13.2. The Morgan fingerprint density at radius 1 is 1.11 bits per heavy atom. The highest BCUT2D eigenvalue weighted by atomic mass is 16.2. The number of carbonyl (C=O) groups excluding carboxylic acids is 2. The molecule has 1 unspecified atom stereocenters. The van der Waals surface area contributed by atoms with E-state index in [-0.39, 0.29) is 24.5 Å². The topological polar surface area (TPSA) is 80.1 Å². The summed E-state index contributed by atoms with van der Waals surface area (Å²) in [6.07, 6.45) is 1.60. The molecule has 1 aliphatic rings. The molecule has 1 atom stereocenters. The summed E-state index contributed by atoms with van der Waals surface area (Å²) in [6.45, 7) is 4.28. The van der Waals surface area contributed by atoms with Gasteiger partial charge >= 0.3 is 0 Å². The number of nitrogens with one attached hydrogen (secondary N) is 1. The molecule has 2 heterocycles. The summed E-state index contributed by atoms with van der Waals surface area (Å²) < 4.78 is 1.65. The van der Waals surface area contributed by atoms with E-state index in [0.717, 1.165) is 29.4 Å². The summed E-state index contributed by atoms with van der Waals surface area (Å²) in [4.78, 5) is 27.9. The summed E-state index contributed by atoms with van der Waals surface area (Å²) in [7, 11) is 0. The molecule has 0 bridgehead atoms. The van der Waals surface area contributed by atoms with E-state index < -0.39 is 6.04 Å². The van der Waals surface area contributed by atoms with Crippen molar-refractivity contribution in [3.8, 4) is 0 Å². The summed E-state index contributed by atoms with van der Waals surface area (Å²) in [6, 6.07) is 14.4. The standard InChI is InChI=1S/C21H23N5O2/c1-3-14(4-2)26-19(15-9-5-6-10-16(15)21(26)28)20(27)22-13-25-18-12-8-7-11-17(18)23-24-25/h5-12,14,19H,3-4,13H2,1-2H3,(H,22,27). The van der Waals surface area contributed by atoms with Gasteiger partial charge in [-0.1, -0.05) is 49.4 Å². The number of fused-ring (bicyclic) bond motifs is 2. The Hall–Kier alpha value is -3.22. The lowest BCUT2D eigenvalue weighted by Gasteiger charge is -2.31. The Morgan fingerprint density at radius 3 is 2.61 bits per heavy atom. The van der Waals surface area contributed by atoms with Gasteiger partial charge in [0, 0.05) is 11.6 Å². The molecule has 0 saturated heterocycles. The number of amides is 2. The molecule has 144 valence electrons. The lowest BCUT2D eigenvalue weighted by atomic mass is 10.0. The lowest BCUT2D eigenvalue weighted by Crippen LogP contribution is -2.44. The summed E-state index contributed by atoms with van der Waals surface area (Å²) in [5.74, 6) is -0.277. The molecular formula is C21H23N5O2. The first-order valence-electron chi connectivity index (χ1n) is 9.63. The van der Waals surface area contributed by atoms with Gasteiger partial charge < -0.3 is 10.2 Å². The van der Waals surface area contributed by atoms with Crippen LogP contribution in [-0.4, -0.2) is 37.7 Å². The number of benzene rings is 2. The molecule has 0 saturated carbocycles. The third kappa shape index (κ3) is 2.93. The molecule has 1 aromatic heterocycles. The molecule has 2 amide bonds. The molecule has 3 aromatic rings. The van der Waals surface area contributed by atoms with Gasteiger partial charge in [0.15, 0.2) is 0 Å². The van der Waals surface area contributed by atoms with E-state index >= 15 is 0 Å². The molecule has 28 heavy (non-hydrogen) atoms. The fourth-order valence-corrected chi connectivity index (χ4v) is 3.95. The van der Waals surface area contributed by atoms with Gasteiger partial charge in [0.05, 0.1) is 5.52 Å². The van der Waals surface area contributed by atoms with Crippen LogP contribution in [0.2, 0.25) is 0 Å². The van der Waals surface area contributed by atoms with Crippen molar-refractivity contribution >= 4 is 22.8 Å². The average Bonchev–Trinajstić information content (AvgIpc) is 3.27. The highest BCUT2D eigenvalue weighted by Gasteiger charge is 2.43. The van der Waals surface area contributed by atoms with E-state index in [0.29, 0.717) is 5.56 Å². The van der Waals surface area contributed by atoms with Crippen LogP contribution in [0.25, 0.3) is 11.0 Å². The number of rotatable bonds is 6. The molecule has 0 radical (unpaired) electrons. The Balaban J connectivity index is 1.61. The minimum atomic E-state index is -0.622. The third-order valence-electron chi connectivity index (χ3n) is 5.41. The van der Waals surface area contributed by atoms with Crippen LogP contribution in [0.5, 0.6) is 0 Å². The van der Waals surface area contributed by atoms with E-state index in [1.165, 1.54) is 0 Å². The van der Waals surface area contributed by atoms with Crippen molar-refractivity contribution in [1.82, 2.24) is 25.2 Å². The predicted octanol–water partition coefficient (Wildman–Crippen LogP) is 2.89. The van der Waals surface area contributed by atoms with Crippen LogP contribution in [0.1, 0.15) is 48.7 Å². The van der Waals surface area contributed by atoms with Gasteiger partial charge in [0.25, 0.3) is 5.91 Å². The normalized spacial score (nSPS) is 16.0. The Kier molecular flexibility index (Phi) is 4.81. The van der Waals surface area contributed by atoms with Crippen LogP contribution in [-0.2, 0) is 11.5 Å². The van der Waals surface area contributed by atoms with E-state index in [9.17, 15) is 9.59 Å². The van der Waals surface area contributed by atoms with Crippen LogP contribution in [0.3, 0.4) is 0 Å². The number of hydrogen-bond donors (Lipinski definition) is 1. The number of hydrogen-bond acceptors (Lipinski definition) is 4. The maximum Gasteiger partial charge on any atom is 0.255 e. The first-order chi connectivity index (χ1) is 13.7. The molecule has 2 aromatic carbocycles. The second-order valence-electron chi connectivity index (χ2n) is 6.95. The first-order valence-corrected chi connectivity index (χ1v) is 9.63. The van der Waals surface area contributed by atoms with E-state index in [1.807, 2.05) is 56.3 Å². The van der Waals surface area contributed by atoms with E-state index in [2.05, 4.69) is 15.6 Å². The van der Waals surface area contributed by atoms with Crippen molar-refractivity contribution in [3.63, 3.8) is 0 Å². The molecule has 4 rings (SSSR count). The SMILES string of the molecule is CCC(CC)N1C(=O)c2ccccc2C1C(=O)NCn1nnc2ccccc21. The van der Waals surface area contributed by atoms with Crippen molar-refractivity contribution in [2.75, 3.05) is 0 Å². The van der Waals surface area contributed by atoms with Gasteiger partial charge in [-0.25, -0.2) is 4.68 Å². The second kappa shape index (κ2) is 7.42. The van der Waals surface area contributed by atoms with Gasteiger partial charge in [0.1, 0.15) is 18.2 Å². The minimum absolute atomic E-state index is 0.0165. The summed E-state index contributed by atoms with van der Waals surface area (Å²) in [5, 5.41) is 11.2. The zero-order chi connectivity index (χ0) is 19.7. The van der Waals surface area contributed by atoms with E-state index in [1.54, 1.807) is 15.6 Å². The van der Waals surface area contributed by atoms with Crippen molar-refractivity contribution in [1.29, 1.82) is 0 Å². The van der Waals surface area contributed by atoms with Gasteiger partial charge in [0.2, 0.25) is 5.91 Å².